The van der Waals surface area contributed by atoms with Crippen molar-refractivity contribution in [2.45, 2.75) is 6.42 Å². The number of thiophene rings is 1. The standard InChI is InChI=1S/C21H17N3OS/c25-21(14-16-7-5-13-26-16)22-18-9-3-1-6-15(18)11-12-20-17-8-2-4-10-19(17)23-24-20/h1-13H,14H2,(H,22,25)(H,23,24). The molecule has 0 unspecified atom stereocenters. The van der Waals surface area contributed by atoms with Crippen LogP contribution in [0.4, 0.5) is 5.69 Å². The number of benzene rings is 2. The molecule has 0 spiro atoms. The van der Waals surface area contributed by atoms with Gasteiger partial charge in [-0.25, -0.2) is 0 Å². The quantitative estimate of drug-likeness (QED) is 0.528. The third-order valence-electron chi connectivity index (χ3n) is 4.07. The zero-order valence-corrected chi connectivity index (χ0v) is 14.8. The van der Waals surface area contributed by atoms with Crippen molar-refractivity contribution < 1.29 is 4.79 Å². The predicted molar refractivity (Wildman–Crippen MR) is 108 cm³/mol. The van der Waals surface area contributed by atoms with Crippen LogP contribution in [0.15, 0.2) is 66.0 Å². The van der Waals surface area contributed by atoms with Crippen LogP contribution in [0.3, 0.4) is 0 Å². The molecule has 0 radical (unpaired) electrons. The Morgan fingerprint density at radius 1 is 1.04 bits per heavy atom. The molecule has 0 fully saturated rings. The third-order valence-corrected chi connectivity index (χ3v) is 4.95. The van der Waals surface area contributed by atoms with E-state index < -0.39 is 0 Å². The molecule has 0 atom stereocenters. The Morgan fingerprint density at radius 2 is 1.88 bits per heavy atom. The first-order valence-corrected chi connectivity index (χ1v) is 9.20. The van der Waals surface area contributed by atoms with Crippen LogP contribution < -0.4 is 5.32 Å². The van der Waals surface area contributed by atoms with Gasteiger partial charge in [-0.1, -0.05) is 48.5 Å². The molecule has 128 valence electrons. The molecule has 2 aromatic heterocycles. The van der Waals surface area contributed by atoms with Crippen molar-refractivity contribution in [2.24, 2.45) is 0 Å². The number of para-hydroxylation sites is 2. The number of nitrogens with zero attached hydrogens (tertiary/aromatic N) is 1. The van der Waals surface area contributed by atoms with Crippen LogP contribution in [-0.4, -0.2) is 16.1 Å². The first-order chi connectivity index (χ1) is 12.8. The second-order valence-electron chi connectivity index (χ2n) is 5.88. The second kappa shape index (κ2) is 7.37. The summed E-state index contributed by atoms with van der Waals surface area (Å²) in [6.07, 6.45) is 4.33. The maximum absolute atomic E-state index is 12.3. The van der Waals surface area contributed by atoms with Crippen molar-refractivity contribution in [2.75, 3.05) is 5.32 Å². The zero-order valence-electron chi connectivity index (χ0n) is 14.0. The van der Waals surface area contributed by atoms with Crippen molar-refractivity contribution in [3.8, 4) is 0 Å². The van der Waals surface area contributed by atoms with Gasteiger partial charge >= 0.3 is 0 Å². The molecule has 0 aliphatic rings. The Morgan fingerprint density at radius 3 is 2.77 bits per heavy atom. The van der Waals surface area contributed by atoms with Crippen LogP contribution in [0.25, 0.3) is 23.1 Å². The van der Waals surface area contributed by atoms with Gasteiger partial charge in [0.1, 0.15) is 0 Å². The molecule has 4 aromatic rings. The van der Waals surface area contributed by atoms with Gasteiger partial charge in [-0.2, -0.15) is 5.10 Å². The fourth-order valence-electron chi connectivity index (χ4n) is 2.80. The summed E-state index contributed by atoms with van der Waals surface area (Å²) >= 11 is 1.59. The van der Waals surface area contributed by atoms with Gasteiger partial charge in [0.15, 0.2) is 0 Å². The van der Waals surface area contributed by atoms with Crippen LogP contribution in [0, 0.1) is 0 Å². The van der Waals surface area contributed by atoms with Crippen molar-refractivity contribution >= 4 is 46.0 Å². The van der Waals surface area contributed by atoms with Crippen LogP contribution in [0.1, 0.15) is 16.1 Å². The number of nitrogens with one attached hydrogen (secondary N) is 2. The molecule has 4 rings (SSSR count). The molecule has 4 nitrogen and oxygen atoms in total. The number of H-pyrrole nitrogens is 1. The molecular weight excluding hydrogens is 342 g/mol. The van der Waals surface area contributed by atoms with Gasteiger partial charge in [-0.05, 0) is 35.2 Å². The highest BCUT2D eigenvalue weighted by molar-refractivity contribution is 7.10. The highest BCUT2D eigenvalue weighted by Gasteiger charge is 2.07. The minimum atomic E-state index is -0.0153. The molecule has 0 aliphatic carbocycles. The third kappa shape index (κ3) is 3.58. The lowest BCUT2D eigenvalue weighted by atomic mass is 10.1. The number of carbonyl (C=O) groups is 1. The van der Waals surface area contributed by atoms with Gasteiger partial charge in [-0.15, -0.1) is 11.3 Å². The van der Waals surface area contributed by atoms with Crippen molar-refractivity contribution in [3.63, 3.8) is 0 Å². The van der Waals surface area contributed by atoms with Crippen LogP contribution in [-0.2, 0) is 11.2 Å². The van der Waals surface area contributed by atoms with Gasteiger partial charge in [0, 0.05) is 16.0 Å². The SMILES string of the molecule is O=C(Cc1cccs1)Nc1ccccc1C=Cc1n[nH]c2ccccc12. The molecule has 0 saturated carbocycles. The summed E-state index contributed by atoms with van der Waals surface area (Å²) in [6, 6.07) is 19.7. The second-order valence-corrected chi connectivity index (χ2v) is 6.91. The minimum absolute atomic E-state index is 0.0153. The monoisotopic (exact) mass is 359 g/mol. The van der Waals surface area contributed by atoms with E-state index in [-0.39, 0.29) is 5.91 Å². The number of hydrogen-bond donors (Lipinski definition) is 2. The van der Waals surface area contributed by atoms with Crippen molar-refractivity contribution in [1.29, 1.82) is 0 Å². The molecular formula is C21H17N3OS. The lowest BCUT2D eigenvalue weighted by Gasteiger charge is -2.08. The number of hydrogen-bond acceptors (Lipinski definition) is 3. The maximum Gasteiger partial charge on any atom is 0.229 e. The smallest absolute Gasteiger partial charge is 0.229 e. The molecule has 0 aliphatic heterocycles. The topological polar surface area (TPSA) is 57.8 Å². The Labute approximate surface area is 155 Å². The molecule has 5 heteroatoms. The van der Waals surface area contributed by atoms with Crippen molar-refractivity contribution in [1.82, 2.24) is 10.2 Å². The Bertz CT molecular complexity index is 1060. The first kappa shape index (κ1) is 16.3. The van der Waals surface area contributed by atoms with Crippen molar-refractivity contribution in [3.05, 3.63) is 82.2 Å². The number of amides is 1. The highest BCUT2D eigenvalue weighted by Crippen LogP contribution is 2.21. The number of carbonyl (C=O) groups excluding carboxylic acids is 1. The van der Waals surface area contributed by atoms with Gasteiger partial charge < -0.3 is 5.32 Å². The number of fused-ring (bicyclic) bond motifs is 1. The van der Waals surface area contributed by atoms with E-state index >= 15 is 0 Å². The van der Waals surface area contributed by atoms with Crippen LogP contribution in [0.2, 0.25) is 0 Å². The summed E-state index contributed by atoms with van der Waals surface area (Å²) in [5.41, 5.74) is 3.62. The Kier molecular flexibility index (Phi) is 4.62. The summed E-state index contributed by atoms with van der Waals surface area (Å²) in [5.74, 6) is -0.0153. The van der Waals surface area contributed by atoms with Gasteiger partial charge in [0.05, 0.1) is 17.6 Å². The highest BCUT2D eigenvalue weighted by atomic mass is 32.1. The Balaban J connectivity index is 1.54. The molecule has 1 amide bonds. The molecule has 0 bridgehead atoms. The molecule has 26 heavy (non-hydrogen) atoms. The largest absolute Gasteiger partial charge is 0.325 e. The fraction of sp³-hybridized carbons (Fsp3) is 0.0476. The van der Waals surface area contributed by atoms with E-state index in [4.69, 9.17) is 0 Å². The predicted octanol–water partition coefficient (Wildman–Crippen LogP) is 4.98. The number of aromatic amines is 1. The summed E-state index contributed by atoms with van der Waals surface area (Å²) in [7, 11) is 0. The van der Waals surface area contributed by atoms with Gasteiger partial charge in [-0.3, -0.25) is 9.89 Å². The zero-order chi connectivity index (χ0) is 17.8. The van der Waals surface area contributed by atoms with E-state index in [9.17, 15) is 4.79 Å². The number of rotatable bonds is 5. The van der Waals surface area contributed by atoms with Crippen LogP contribution >= 0.6 is 11.3 Å². The summed E-state index contributed by atoms with van der Waals surface area (Å²) in [5, 5.41) is 13.4. The summed E-state index contributed by atoms with van der Waals surface area (Å²) < 4.78 is 0. The molecule has 2 N–H and O–H groups in total. The summed E-state index contributed by atoms with van der Waals surface area (Å²) in [4.78, 5) is 13.3. The number of aromatic nitrogens is 2. The van der Waals surface area contributed by atoms with E-state index in [1.54, 1.807) is 11.3 Å². The Hall–Kier alpha value is -3.18. The van der Waals surface area contributed by atoms with E-state index in [0.717, 1.165) is 32.7 Å². The van der Waals surface area contributed by atoms with E-state index in [0.29, 0.717) is 6.42 Å². The molecule has 2 aromatic carbocycles. The fourth-order valence-corrected chi connectivity index (χ4v) is 3.51. The van der Waals surface area contributed by atoms with E-state index in [2.05, 4.69) is 15.5 Å². The summed E-state index contributed by atoms with van der Waals surface area (Å²) in [6.45, 7) is 0. The first-order valence-electron chi connectivity index (χ1n) is 8.32. The lowest BCUT2D eigenvalue weighted by molar-refractivity contribution is -0.115. The average Bonchev–Trinajstić information content (AvgIpc) is 3.31. The lowest BCUT2D eigenvalue weighted by Crippen LogP contribution is -2.14. The maximum atomic E-state index is 12.3. The van der Waals surface area contributed by atoms with E-state index in [1.807, 2.05) is 78.2 Å². The number of anilines is 1. The minimum Gasteiger partial charge on any atom is -0.325 e. The molecule has 0 saturated heterocycles. The normalized spacial score (nSPS) is 11.2. The van der Waals surface area contributed by atoms with Crippen LogP contribution in [0.5, 0.6) is 0 Å². The van der Waals surface area contributed by atoms with Gasteiger partial charge in [0.25, 0.3) is 0 Å². The molecule has 2 heterocycles. The van der Waals surface area contributed by atoms with E-state index in [1.165, 1.54) is 0 Å². The average molecular weight is 359 g/mol. The van der Waals surface area contributed by atoms with Gasteiger partial charge in [0.2, 0.25) is 5.91 Å².